The van der Waals surface area contributed by atoms with E-state index in [0.29, 0.717) is 11.3 Å². The van der Waals surface area contributed by atoms with Crippen molar-refractivity contribution in [1.82, 2.24) is 5.32 Å². The molecule has 1 amide bonds. The first kappa shape index (κ1) is 18.4. The predicted molar refractivity (Wildman–Crippen MR) is 104 cm³/mol. The highest BCUT2D eigenvalue weighted by Crippen LogP contribution is 2.22. The van der Waals surface area contributed by atoms with Gasteiger partial charge in [0, 0.05) is 24.1 Å². The van der Waals surface area contributed by atoms with Crippen LogP contribution in [0.1, 0.15) is 27.9 Å². The van der Waals surface area contributed by atoms with Gasteiger partial charge >= 0.3 is 0 Å². The summed E-state index contributed by atoms with van der Waals surface area (Å²) in [5, 5.41) is 6.13. The number of aryl methyl sites for hydroxylation is 1. The summed E-state index contributed by atoms with van der Waals surface area (Å²) in [5.74, 6) is -0.318. The molecule has 136 valence electrons. The molecule has 2 N–H and O–H groups in total. The summed E-state index contributed by atoms with van der Waals surface area (Å²) in [7, 11) is -3.36. The van der Waals surface area contributed by atoms with E-state index in [-0.39, 0.29) is 10.8 Å². The number of hydrogen-bond donors (Lipinski definition) is 2. The van der Waals surface area contributed by atoms with Crippen molar-refractivity contribution in [3.63, 3.8) is 0 Å². The van der Waals surface area contributed by atoms with Crippen LogP contribution in [0.15, 0.2) is 53.4 Å². The molecule has 0 bridgehead atoms. The lowest BCUT2D eigenvalue weighted by Gasteiger charge is -2.15. The van der Waals surface area contributed by atoms with Gasteiger partial charge in [-0.05, 0) is 60.9 Å². The van der Waals surface area contributed by atoms with Gasteiger partial charge in [0.2, 0.25) is 0 Å². The second-order valence-corrected chi connectivity index (χ2v) is 8.48. The zero-order valence-corrected chi connectivity index (χ0v) is 15.7. The molecule has 0 saturated carbocycles. The highest BCUT2D eigenvalue weighted by Gasteiger charge is 2.15. The van der Waals surface area contributed by atoms with Gasteiger partial charge in [0.25, 0.3) is 5.91 Å². The molecular weight excluding hydrogens is 348 g/mol. The number of hydrogen-bond acceptors (Lipinski definition) is 4. The zero-order valence-electron chi connectivity index (χ0n) is 14.9. The number of sulfone groups is 1. The molecule has 1 heterocycles. The maximum absolute atomic E-state index is 12.6. The molecule has 1 aliphatic heterocycles. The molecule has 0 spiro atoms. The van der Waals surface area contributed by atoms with Gasteiger partial charge in [-0.15, -0.1) is 0 Å². The van der Waals surface area contributed by atoms with E-state index in [9.17, 15) is 13.2 Å². The van der Waals surface area contributed by atoms with Crippen molar-refractivity contribution in [3.8, 4) is 0 Å². The van der Waals surface area contributed by atoms with Crippen LogP contribution in [-0.4, -0.2) is 33.7 Å². The van der Waals surface area contributed by atoms with Crippen LogP contribution in [0, 0.1) is 6.92 Å². The topological polar surface area (TPSA) is 75.3 Å². The molecule has 26 heavy (non-hydrogen) atoms. The Bertz CT molecular complexity index is 961. The monoisotopic (exact) mass is 370 g/mol. The van der Waals surface area contributed by atoms with Crippen LogP contribution in [0.5, 0.6) is 0 Å². The fourth-order valence-electron chi connectivity index (χ4n) is 2.93. The van der Waals surface area contributed by atoms with Gasteiger partial charge < -0.3 is 10.6 Å². The van der Waals surface area contributed by atoms with Crippen LogP contribution in [-0.2, 0) is 9.84 Å². The average Bonchev–Trinajstić information content (AvgIpc) is 2.62. The first-order valence-electron chi connectivity index (χ1n) is 8.47. The average molecular weight is 370 g/mol. The van der Waals surface area contributed by atoms with Crippen molar-refractivity contribution in [2.45, 2.75) is 18.2 Å². The Hall–Kier alpha value is -2.44. The molecule has 0 fully saturated rings. The lowest BCUT2D eigenvalue weighted by molar-refractivity contribution is 0.102. The van der Waals surface area contributed by atoms with Gasteiger partial charge in [0.15, 0.2) is 9.84 Å². The number of nitrogens with one attached hydrogen (secondary N) is 2. The minimum Gasteiger partial charge on any atom is -0.322 e. The fraction of sp³-hybridized carbons (Fsp3) is 0.250. The number of amides is 1. The molecule has 3 rings (SSSR count). The lowest BCUT2D eigenvalue weighted by atomic mass is 10.00. The summed E-state index contributed by atoms with van der Waals surface area (Å²) in [5.41, 5.74) is 4.22. The molecule has 2 aromatic carbocycles. The highest BCUT2D eigenvalue weighted by atomic mass is 32.2. The Morgan fingerprint density at radius 1 is 1.12 bits per heavy atom. The van der Waals surface area contributed by atoms with Gasteiger partial charge in [-0.3, -0.25) is 4.79 Å². The standard InChI is InChI=1S/C20H22N2O3S/c1-14-3-8-18(26(2,24)25)13-19(14)20(23)22-17-6-4-15(5-7-17)16-9-11-21-12-10-16/h3-9,13,21H,10-12H2,1-2H3,(H,22,23). The largest absolute Gasteiger partial charge is 0.322 e. The van der Waals surface area contributed by atoms with E-state index in [1.807, 2.05) is 24.3 Å². The summed E-state index contributed by atoms with van der Waals surface area (Å²) in [6, 6.07) is 12.3. The van der Waals surface area contributed by atoms with Gasteiger partial charge in [0.1, 0.15) is 0 Å². The van der Waals surface area contributed by atoms with Crippen molar-refractivity contribution in [2.24, 2.45) is 0 Å². The van der Waals surface area contributed by atoms with Gasteiger partial charge in [0.05, 0.1) is 4.90 Å². The molecule has 0 saturated heterocycles. The van der Waals surface area contributed by atoms with Gasteiger partial charge in [-0.1, -0.05) is 24.3 Å². The summed E-state index contributed by atoms with van der Waals surface area (Å²) >= 11 is 0. The molecular formula is C20H22N2O3S. The van der Waals surface area contributed by atoms with Crippen molar-refractivity contribution in [1.29, 1.82) is 0 Å². The van der Waals surface area contributed by atoms with Gasteiger partial charge in [-0.25, -0.2) is 8.42 Å². The van der Waals surface area contributed by atoms with E-state index in [1.54, 1.807) is 13.0 Å². The van der Waals surface area contributed by atoms with E-state index in [4.69, 9.17) is 0 Å². The summed E-state index contributed by atoms with van der Waals surface area (Å²) in [4.78, 5) is 12.7. The lowest BCUT2D eigenvalue weighted by Crippen LogP contribution is -2.20. The molecule has 0 aromatic heterocycles. The van der Waals surface area contributed by atoms with Crippen LogP contribution < -0.4 is 10.6 Å². The molecule has 0 atom stereocenters. The molecule has 6 heteroatoms. The summed E-state index contributed by atoms with van der Waals surface area (Å²) < 4.78 is 23.4. The number of benzene rings is 2. The second-order valence-electron chi connectivity index (χ2n) is 6.46. The smallest absolute Gasteiger partial charge is 0.255 e. The van der Waals surface area contributed by atoms with Crippen LogP contribution in [0.3, 0.4) is 0 Å². The van der Waals surface area contributed by atoms with Crippen LogP contribution in [0.2, 0.25) is 0 Å². The highest BCUT2D eigenvalue weighted by molar-refractivity contribution is 7.90. The van der Waals surface area contributed by atoms with E-state index in [1.165, 1.54) is 17.7 Å². The molecule has 5 nitrogen and oxygen atoms in total. The minimum absolute atomic E-state index is 0.140. The maximum Gasteiger partial charge on any atom is 0.255 e. The quantitative estimate of drug-likeness (QED) is 0.867. The van der Waals surface area contributed by atoms with Crippen LogP contribution in [0.25, 0.3) is 5.57 Å². The normalized spacial score (nSPS) is 14.6. The van der Waals surface area contributed by atoms with Crippen molar-refractivity contribution < 1.29 is 13.2 Å². The zero-order chi connectivity index (χ0) is 18.7. The number of carbonyl (C=O) groups is 1. The number of rotatable bonds is 4. The second kappa shape index (κ2) is 7.43. The number of anilines is 1. The van der Waals surface area contributed by atoms with Gasteiger partial charge in [-0.2, -0.15) is 0 Å². The summed E-state index contributed by atoms with van der Waals surface area (Å²) in [6.07, 6.45) is 4.30. The van der Waals surface area contributed by atoms with E-state index in [2.05, 4.69) is 16.7 Å². The van der Waals surface area contributed by atoms with Crippen LogP contribution >= 0.6 is 0 Å². The van der Waals surface area contributed by atoms with Crippen molar-refractivity contribution in [3.05, 3.63) is 65.2 Å². The minimum atomic E-state index is -3.36. The third kappa shape index (κ3) is 4.20. The van der Waals surface area contributed by atoms with Crippen LogP contribution in [0.4, 0.5) is 5.69 Å². The van der Waals surface area contributed by atoms with E-state index >= 15 is 0 Å². The molecule has 1 aliphatic rings. The molecule has 0 aliphatic carbocycles. The Balaban J connectivity index is 1.79. The Labute approximate surface area is 154 Å². The molecule has 2 aromatic rings. The predicted octanol–water partition coefficient (Wildman–Crippen LogP) is 3.03. The maximum atomic E-state index is 12.6. The Kier molecular flexibility index (Phi) is 5.25. The third-order valence-corrected chi connectivity index (χ3v) is 5.57. The van der Waals surface area contributed by atoms with Crippen molar-refractivity contribution in [2.75, 3.05) is 24.7 Å². The SMILES string of the molecule is Cc1ccc(S(C)(=O)=O)cc1C(=O)Nc1ccc(C2=CCNCC2)cc1. The van der Waals surface area contributed by atoms with E-state index in [0.717, 1.165) is 36.9 Å². The van der Waals surface area contributed by atoms with E-state index < -0.39 is 9.84 Å². The Morgan fingerprint density at radius 2 is 1.85 bits per heavy atom. The Morgan fingerprint density at radius 3 is 2.46 bits per heavy atom. The molecule has 0 radical (unpaired) electrons. The number of carbonyl (C=O) groups excluding carboxylic acids is 1. The first-order chi connectivity index (χ1) is 12.3. The summed E-state index contributed by atoms with van der Waals surface area (Å²) in [6.45, 7) is 3.64. The first-order valence-corrected chi connectivity index (χ1v) is 10.4. The van der Waals surface area contributed by atoms with Crippen molar-refractivity contribution >= 4 is 27.0 Å². The molecule has 0 unspecified atom stereocenters. The third-order valence-electron chi connectivity index (χ3n) is 4.46. The fourth-order valence-corrected chi connectivity index (χ4v) is 3.57.